The van der Waals surface area contributed by atoms with Crippen molar-refractivity contribution in [1.29, 1.82) is 0 Å². The number of hydrogen-bond acceptors (Lipinski definition) is 5. The van der Waals surface area contributed by atoms with Gasteiger partial charge in [-0.25, -0.2) is 9.37 Å². The minimum Gasteiger partial charge on any atom is -0.368 e. The van der Waals surface area contributed by atoms with E-state index in [4.69, 9.17) is 16.3 Å². The van der Waals surface area contributed by atoms with Gasteiger partial charge in [0.25, 0.3) is 0 Å². The molecular formula is C16H16ClFN4O2. The zero-order valence-corrected chi connectivity index (χ0v) is 13.5. The quantitative estimate of drug-likeness (QED) is 0.856. The number of rotatable bonds is 4. The number of ether oxygens (including phenoxy) is 1. The number of benzene rings is 1. The van der Waals surface area contributed by atoms with E-state index in [1.165, 1.54) is 12.1 Å². The Balaban J connectivity index is 1.91. The van der Waals surface area contributed by atoms with Crippen molar-refractivity contribution in [3.63, 3.8) is 0 Å². The zero-order chi connectivity index (χ0) is 16.9. The molecule has 2 aromatic rings. The summed E-state index contributed by atoms with van der Waals surface area (Å²) in [5, 5.41) is 3.16. The summed E-state index contributed by atoms with van der Waals surface area (Å²) >= 11 is 5.73. The number of alkyl halides is 1. The van der Waals surface area contributed by atoms with Crippen LogP contribution in [0, 0.1) is 5.82 Å². The molecule has 0 radical (unpaired) electrons. The van der Waals surface area contributed by atoms with Gasteiger partial charge in [0.1, 0.15) is 29.8 Å². The van der Waals surface area contributed by atoms with Gasteiger partial charge in [0.2, 0.25) is 5.91 Å². The smallest absolute Gasteiger partial charge is 0.239 e. The zero-order valence-electron chi connectivity index (χ0n) is 12.7. The third-order valence-electron chi connectivity index (χ3n) is 3.74. The molecule has 1 aromatic heterocycles. The molecule has 6 nitrogen and oxygen atoms in total. The van der Waals surface area contributed by atoms with Crippen molar-refractivity contribution in [2.75, 3.05) is 24.3 Å². The van der Waals surface area contributed by atoms with Crippen molar-refractivity contribution < 1.29 is 13.9 Å². The second-order valence-corrected chi connectivity index (χ2v) is 5.51. The van der Waals surface area contributed by atoms with Crippen molar-refractivity contribution >= 4 is 23.3 Å². The Morgan fingerprint density at radius 2 is 2.17 bits per heavy atom. The highest BCUT2D eigenvalue weighted by atomic mass is 35.5. The molecule has 0 aliphatic carbocycles. The lowest BCUT2D eigenvalue weighted by Crippen LogP contribution is -2.54. The number of halogens is 2. The summed E-state index contributed by atoms with van der Waals surface area (Å²) in [6.45, 7) is 0.768. The largest absolute Gasteiger partial charge is 0.368 e. The van der Waals surface area contributed by atoms with Crippen LogP contribution in [0.3, 0.4) is 0 Å². The Hall–Kier alpha value is -2.25. The predicted molar refractivity (Wildman–Crippen MR) is 87.0 cm³/mol. The van der Waals surface area contributed by atoms with Gasteiger partial charge in [0, 0.05) is 18.9 Å². The van der Waals surface area contributed by atoms with Crippen molar-refractivity contribution in [3.8, 4) is 0 Å². The molecule has 0 unspecified atom stereocenters. The summed E-state index contributed by atoms with van der Waals surface area (Å²) in [6, 6.07) is 6.00. The number of nitrogens with one attached hydrogen (secondary N) is 1. The molecule has 126 valence electrons. The first kappa shape index (κ1) is 16.6. The summed E-state index contributed by atoms with van der Waals surface area (Å²) < 4.78 is 19.0. The van der Waals surface area contributed by atoms with Gasteiger partial charge in [-0.15, -0.1) is 11.6 Å². The number of carbonyl (C=O) groups is 1. The van der Waals surface area contributed by atoms with Gasteiger partial charge in [-0.05, 0) is 17.7 Å². The highest BCUT2D eigenvalue weighted by Crippen LogP contribution is 2.29. The van der Waals surface area contributed by atoms with Crippen LogP contribution in [-0.4, -0.2) is 46.0 Å². The van der Waals surface area contributed by atoms with E-state index in [0.29, 0.717) is 19.0 Å². The van der Waals surface area contributed by atoms with Gasteiger partial charge in [-0.3, -0.25) is 9.78 Å². The topological polar surface area (TPSA) is 67.3 Å². The fraction of sp³-hybridized carbons (Fsp3) is 0.312. The molecule has 1 N–H and O–H groups in total. The summed E-state index contributed by atoms with van der Waals surface area (Å²) in [5.74, 6) is -0.169. The molecule has 1 aliphatic rings. The molecule has 0 bridgehead atoms. The Morgan fingerprint density at radius 1 is 1.38 bits per heavy atom. The maximum absolute atomic E-state index is 13.2. The fourth-order valence-electron chi connectivity index (χ4n) is 2.64. The maximum atomic E-state index is 13.2. The first-order valence-electron chi connectivity index (χ1n) is 7.44. The monoisotopic (exact) mass is 350 g/mol. The highest BCUT2D eigenvalue weighted by Gasteiger charge is 2.36. The number of aromatic nitrogens is 2. The Morgan fingerprint density at radius 3 is 2.83 bits per heavy atom. The van der Waals surface area contributed by atoms with Crippen LogP contribution in [-0.2, 0) is 9.53 Å². The first-order valence-corrected chi connectivity index (χ1v) is 7.97. The van der Waals surface area contributed by atoms with Crippen molar-refractivity contribution in [1.82, 2.24) is 14.9 Å². The van der Waals surface area contributed by atoms with Gasteiger partial charge in [0.15, 0.2) is 0 Å². The minimum atomic E-state index is -0.521. The van der Waals surface area contributed by atoms with E-state index >= 15 is 0 Å². The Kier molecular flexibility index (Phi) is 5.22. The standard InChI is InChI=1S/C16H16ClFN4O2/c17-9-14(23)22-7-8-24-15(11-1-3-12(18)4-2-11)16(22)21-13-10-19-5-6-20-13/h1-6,10,15-16H,7-9H2,(H,20,21)/t15-,16-/m1/s1. The van der Waals surface area contributed by atoms with Crippen molar-refractivity contribution in [3.05, 3.63) is 54.2 Å². The van der Waals surface area contributed by atoms with E-state index in [1.54, 1.807) is 35.6 Å². The number of carbonyl (C=O) groups excluding carboxylic acids is 1. The summed E-state index contributed by atoms with van der Waals surface area (Å²) in [7, 11) is 0. The normalized spacial score (nSPS) is 20.7. The Bertz CT molecular complexity index is 686. The van der Waals surface area contributed by atoms with E-state index < -0.39 is 12.3 Å². The van der Waals surface area contributed by atoms with Crippen LogP contribution in [0.5, 0.6) is 0 Å². The molecule has 2 heterocycles. The van der Waals surface area contributed by atoms with E-state index in [-0.39, 0.29) is 17.6 Å². The van der Waals surface area contributed by atoms with E-state index in [0.717, 1.165) is 5.56 Å². The molecular weight excluding hydrogens is 335 g/mol. The van der Waals surface area contributed by atoms with Crippen LogP contribution >= 0.6 is 11.6 Å². The van der Waals surface area contributed by atoms with Crippen LogP contribution in [0.1, 0.15) is 11.7 Å². The van der Waals surface area contributed by atoms with Crippen LogP contribution in [0.4, 0.5) is 10.2 Å². The van der Waals surface area contributed by atoms with Crippen LogP contribution < -0.4 is 5.32 Å². The third-order valence-corrected chi connectivity index (χ3v) is 3.97. The average Bonchev–Trinajstić information content (AvgIpc) is 2.63. The van der Waals surface area contributed by atoms with Crippen molar-refractivity contribution in [2.45, 2.75) is 12.3 Å². The minimum absolute atomic E-state index is 0.130. The summed E-state index contributed by atoms with van der Waals surface area (Å²) in [6.07, 6.45) is 3.66. The molecule has 1 aromatic carbocycles. The van der Waals surface area contributed by atoms with Crippen LogP contribution in [0.2, 0.25) is 0 Å². The van der Waals surface area contributed by atoms with Gasteiger partial charge in [-0.2, -0.15) is 0 Å². The number of amides is 1. The lowest BCUT2D eigenvalue weighted by Gasteiger charge is -2.41. The molecule has 1 fully saturated rings. The third kappa shape index (κ3) is 3.63. The predicted octanol–water partition coefficient (Wildman–Crippen LogP) is 2.19. The van der Waals surface area contributed by atoms with Crippen molar-refractivity contribution in [2.24, 2.45) is 0 Å². The van der Waals surface area contributed by atoms with Crippen LogP contribution in [0.25, 0.3) is 0 Å². The summed E-state index contributed by atoms with van der Waals surface area (Å²) in [4.78, 5) is 22.0. The number of morpholine rings is 1. The molecule has 0 saturated carbocycles. The molecule has 8 heteroatoms. The Labute approximate surface area is 143 Å². The van der Waals surface area contributed by atoms with Gasteiger partial charge in [-0.1, -0.05) is 12.1 Å². The average molecular weight is 351 g/mol. The van der Waals surface area contributed by atoms with E-state index in [9.17, 15) is 9.18 Å². The number of hydrogen-bond donors (Lipinski definition) is 1. The number of anilines is 1. The lowest BCUT2D eigenvalue weighted by atomic mass is 10.0. The second kappa shape index (κ2) is 7.55. The lowest BCUT2D eigenvalue weighted by molar-refractivity contribution is -0.142. The molecule has 1 amide bonds. The van der Waals surface area contributed by atoms with E-state index in [2.05, 4.69) is 15.3 Å². The molecule has 1 saturated heterocycles. The van der Waals surface area contributed by atoms with E-state index in [1.807, 2.05) is 0 Å². The molecule has 3 rings (SSSR count). The summed E-state index contributed by atoms with van der Waals surface area (Å²) in [5.41, 5.74) is 0.755. The van der Waals surface area contributed by atoms with Gasteiger partial charge < -0.3 is 15.0 Å². The highest BCUT2D eigenvalue weighted by molar-refractivity contribution is 6.27. The fourth-order valence-corrected chi connectivity index (χ4v) is 2.79. The number of nitrogens with zero attached hydrogens (tertiary/aromatic N) is 3. The molecule has 1 aliphatic heterocycles. The van der Waals surface area contributed by atoms with Gasteiger partial charge in [0.05, 0.1) is 12.8 Å². The molecule has 24 heavy (non-hydrogen) atoms. The second-order valence-electron chi connectivity index (χ2n) is 5.24. The maximum Gasteiger partial charge on any atom is 0.239 e. The molecule has 2 atom stereocenters. The van der Waals surface area contributed by atoms with Crippen LogP contribution in [0.15, 0.2) is 42.9 Å². The SMILES string of the molecule is O=C(CCl)N1CCO[C@H](c2ccc(F)cc2)[C@@H]1Nc1cnccn1. The first-order chi connectivity index (χ1) is 11.7. The van der Waals surface area contributed by atoms with Gasteiger partial charge >= 0.3 is 0 Å². The molecule has 0 spiro atoms.